The van der Waals surface area contributed by atoms with E-state index < -0.39 is 6.04 Å². The van der Waals surface area contributed by atoms with Gasteiger partial charge < -0.3 is 24.4 Å². The SMILES string of the molecule is CCCNC(=O)[C@@H](Cc1ccccc1)N(Cc1cccc(OC)c1)C(=O)CCc1ccc(OCC)c(OCC)c1. The highest BCUT2D eigenvalue weighted by atomic mass is 16.5. The monoisotopic (exact) mass is 546 g/mol. The molecule has 0 bridgehead atoms. The summed E-state index contributed by atoms with van der Waals surface area (Å²) in [5.41, 5.74) is 2.86. The molecule has 3 aromatic rings. The summed E-state index contributed by atoms with van der Waals surface area (Å²) in [4.78, 5) is 29.1. The maximum atomic E-state index is 13.9. The molecule has 40 heavy (non-hydrogen) atoms. The molecule has 0 unspecified atom stereocenters. The number of rotatable bonds is 16. The molecule has 7 nitrogen and oxygen atoms in total. The molecule has 0 saturated carbocycles. The fourth-order valence-electron chi connectivity index (χ4n) is 4.53. The number of nitrogens with zero attached hydrogens (tertiary/aromatic N) is 1. The quantitative estimate of drug-likeness (QED) is 0.253. The van der Waals surface area contributed by atoms with Crippen LogP contribution in [0.15, 0.2) is 72.8 Å². The summed E-state index contributed by atoms with van der Waals surface area (Å²) in [6, 6.07) is 22.6. The van der Waals surface area contributed by atoms with Crippen molar-refractivity contribution in [2.24, 2.45) is 0 Å². The Labute approximate surface area is 238 Å². The van der Waals surface area contributed by atoms with Gasteiger partial charge in [-0.25, -0.2) is 0 Å². The first-order valence-corrected chi connectivity index (χ1v) is 14.1. The largest absolute Gasteiger partial charge is 0.497 e. The number of nitrogens with one attached hydrogen (secondary N) is 1. The number of carbonyl (C=O) groups is 2. The first kappa shape index (κ1) is 30.5. The molecule has 0 aliphatic carbocycles. The lowest BCUT2D eigenvalue weighted by molar-refractivity contribution is -0.141. The van der Waals surface area contributed by atoms with E-state index in [9.17, 15) is 9.59 Å². The summed E-state index contributed by atoms with van der Waals surface area (Å²) in [6.45, 7) is 7.78. The van der Waals surface area contributed by atoms with Crippen LogP contribution in [0.5, 0.6) is 17.2 Å². The second-order valence-electron chi connectivity index (χ2n) is 9.52. The molecule has 0 aliphatic heterocycles. The molecule has 2 amide bonds. The summed E-state index contributed by atoms with van der Waals surface area (Å²) in [5, 5.41) is 3.02. The van der Waals surface area contributed by atoms with Crippen LogP contribution in [0.4, 0.5) is 0 Å². The second-order valence-corrected chi connectivity index (χ2v) is 9.52. The van der Waals surface area contributed by atoms with E-state index in [1.54, 1.807) is 12.0 Å². The maximum absolute atomic E-state index is 13.9. The highest BCUT2D eigenvalue weighted by molar-refractivity contribution is 5.88. The molecule has 0 heterocycles. The smallest absolute Gasteiger partial charge is 0.243 e. The predicted octanol–water partition coefficient (Wildman–Crippen LogP) is 5.59. The lowest BCUT2D eigenvalue weighted by atomic mass is 10.0. The Morgan fingerprint density at radius 3 is 2.25 bits per heavy atom. The van der Waals surface area contributed by atoms with Crippen LogP contribution in [0, 0.1) is 0 Å². The molecule has 0 radical (unpaired) electrons. The van der Waals surface area contributed by atoms with Gasteiger partial charge in [0.25, 0.3) is 0 Å². The molecule has 1 atom stereocenters. The molecule has 0 spiro atoms. The summed E-state index contributed by atoms with van der Waals surface area (Å²) >= 11 is 0. The van der Waals surface area contributed by atoms with Crippen molar-refractivity contribution in [1.82, 2.24) is 10.2 Å². The number of aryl methyl sites for hydroxylation is 1. The second kappa shape index (κ2) is 16.2. The van der Waals surface area contributed by atoms with E-state index in [-0.39, 0.29) is 18.2 Å². The van der Waals surface area contributed by atoms with Gasteiger partial charge in [-0.3, -0.25) is 9.59 Å². The number of methoxy groups -OCH3 is 1. The first-order valence-electron chi connectivity index (χ1n) is 14.1. The first-order chi connectivity index (χ1) is 19.5. The van der Waals surface area contributed by atoms with Crippen LogP contribution in [0.25, 0.3) is 0 Å². The lowest BCUT2D eigenvalue weighted by Gasteiger charge is -2.32. The Morgan fingerprint density at radius 2 is 1.55 bits per heavy atom. The molecule has 0 aliphatic rings. The normalized spacial score (nSPS) is 11.4. The minimum atomic E-state index is -0.660. The number of hydrogen-bond donors (Lipinski definition) is 1. The molecule has 7 heteroatoms. The molecule has 0 saturated heterocycles. The highest BCUT2D eigenvalue weighted by Crippen LogP contribution is 2.29. The van der Waals surface area contributed by atoms with Crippen molar-refractivity contribution in [3.63, 3.8) is 0 Å². The van der Waals surface area contributed by atoms with E-state index in [0.29, 0.717) is 56.4 Å². The minimum Gasteiger partial charge on any atom is -0.497 e. The van der Waals surface area contributed by atoms with Crippen LogP contribution < -0.4 is 19.5 Å². The van der Waals surface area contributed by atoms with Gasteiger partial charge in [0, 0.05) is 25.9 Å². The molecule has 0 aromatic heterocycles. The Balaban J connectivity index is 1.90. The van der Waals surface area contributed by atoms with Gasteiger partial charge in [-0.2, -0.15) is 0 Å². The van der Waals surface area contributed by atoms with Crippen molar-refractivity contribution in [2.45, 2.75) is 59.0 Å². The minimum absolute atomic E-state index is 0.0951. The van der Waals surface area contributed by atoms with E-state index in [1.165, 1.54) is 0 Å². The lowest BCUT2D eigenvalue weighted by Crippen LogP contribution is -2.50. The van der Waals surface area contributed by atoms with E-state index >= 15 is 0 Å². The summed E-state index contributed by atoms with van der Waals surface area (Å²) in [6.07, 6.45) is 1.99. The van der Waals surface area contributed by atoms with Gasteiger partial charge >= 0.3 is 0 Å². The van der Waals surface area contributed by atoms with Gasteiger partial charge in [-0.05, 0) is 67.6 Å². The Hall–Kier alpha value is -4.00. The Morgan fingerprint density at radius 1 is 0.825 bits per heavy atom. The molecule has 0 fully saturated rings. The highest BCUT2D eigenvalue weighted by Gasteiger charge is 2.30. The van der Waals surface area contributed by atoms with E-state index in [2.05, 4.69) is 5.32 Å². The zero-order valence-electron chi connectivity index (χ0n) is 24.2. The number of benzene rings is 3. The van der Waals surface area contributed by atoms with Crippen LogP contribution in [0.2, 0.25) is 0 Å². The van der Waals surface area contributed by atoms with Crippen molar-refractivity contribution in [3.8, 4) is 17.2 Å². The fraction of sp³-hybridized carbons (Fsp3) is 0.394. The molecule has 1 N–H and O–H groups in total. The van der Waals surface area contributed by atoms with Gasteiger partial charge in [0.2, 0.25) is 11.8 Å². The zero-order chi connectivity index (χ0) is 28.7. The van der Waals surface area contributed by atoms with Gasteiger partial charge in [0.1, 0.15) is 11.8 Å². The van der Waals surface area contributed by atoms with Crippen molar-refractivity contribution in [1.29, 1.82) is 0 Å². The summed E-state index contributed by atoms with van der Waals surface area (Å²) in [5.74, 6) is 1.82. The van der Waals surface area contributed by atoms with Crippen LogP contribution in [-0.2, 0) is 29.0 Å². The molecule has 214 valence electrons. The van der Waals surface area contributed by atoms with Crippen molar-refractivity contribution in [2.75, 3.05) is 26.9 Å². The predicted molar refractivity (Wildman–Crippen MR) is 158 cm³/mol. The zero-order valence-corrected chi connectivity index (χ0v) is 24.2. The molecular formula is C33H42N2O5. The summed E-state index contributed by atoms with van der Waals surface area (Å²) < 4.78 is 16.9. The van der Waals surface area contributed by atoms with E-state index in [0.717, 1.165) is 23.1 Å². The van der Waals surface area contributed by atoms with Gasteiger partial charge in [-0.15, -0.1) is 0 Å². The number of carbonyl (C=O) groups excluding carboxylic acids is 2. The molecule has 3 aromatic carbocycles. The number of amides is 2. The summed E-state index contributed by atoms with van der Waals surface area (Å²) in [7, 11) is 1.62. The number of ether oxygens (including phenoxy) is 3. The van der Waals surface area contributed by atoms with E-state index in [4.69, 9.17) is 14.2 Å². The maximum Gasteiger partial charge on any atom is 0.243 e. The molecule has 3 rings (SSSR count). The third-order valence-corrected chi connectivity index (χ3v) is 6.54. The third-order valence-electron chi connectivity index (χ3n) is 6.54. The van der Waals surface area contributed by atoms with E-state index in [1.807, 2.05) is 93.6 Å². The standard InChI is InChI=1S/C33H42N2O5/c1-5-20-34-33(37)29(22-25-12-9-8-10-13-25)35(24-27-14-11-15-28(21-27)38-4)32(36)19-17-26-16-18-30(39-6-2)31(23-26)40-7-3/h8-16,18,21,23,29H,5-7,17,19-20,22,24H2,1-4H3,(H,34,37)/t29-/m1/s1. The van der Waals surface area contributed by atoms with Crippen molar-refractivity contribution >= 4 is 11.8 Å². The van der Waals surface area contributed by atoms with Crippen LogP contribution >= 0.6 is 0 Å². The van der Waals surface area contributed by atoms with Gasteiger partial charge in [0.15, 0.2) is 11.5 Å². The van der Waals surface area contributed by atoms with Crippen LogP contribution in [0.3, 0.4) is 0 Å². The van der Waals surface area contributed by atoms with Crippen molar-refractivity contribution in [3.05, 3.63) is 89.5 Å². The van der Waals surface area contributed by atoms with Gasteiger partial charge in [0.05, 0.1) is 20.3 Å². The Kier molecular flexibility index (Phi) is 12.4. The number of hydrogen-bond acceptors (Lipinski definition) is 5. The van der Waals surface area contributed by atoms with Gasteiger partial charge in [-0.1, -0.05) is 55.5 Å². The van der Waals surface area contributed by atoms with Crippen LogP contribution in [-0.4, -0.2) is 49.6 Å². The Bertz CT molecular complexity index is 1210. The van der Waals surface area contributed by atoms with Crippen LogP contribution in [0.1, 0.15) is 50.3 Å². The molecular weight excluding hydrogens is 504 g/mol. The topological polar surface area (TPSA) is 77.1 Å². The average molecular weight is 547 g/mol. The average Bonchev–Trinajstić information content (AvgIpc) is 2.98. The van der Waals surface area contributed by atoms with Crippen molar-refractivity contribution < 1.29 is 23.8 Å². The fourth-order valence-corrected chi connectivity index (χ4v) is 4.53. The third kappa shape index (κ3) is 9.04.